The van der Waals surface area contributed by atoms with Gasteiger partial charge < -0.3 is 5.11 Å². The fourth-order valence-corrected chi connectivity index (χ4v) is 2.23. The Morgan fingerprint density at radius 2 is 1.83 bits per heavy atom. The summed E-state index contributed by atoms with van der Waals surface area (Å²) < 4.78 is 0. The van der Waals surface area contributed by atoms with Gasteiger partial charge in [-0.15, -0.1) is 11.6 Å². The van der Waals surface area contributed by atoms with Gasteiger partial charge in [0.25, 0.3) is 0 Å². The molecule has 1 N–H and O–H groups in total. The molecule has 0 aromatic heterocycles. The van der Waals surface area contributed by atoms with Gasteiger partial charge in [0.2, 0.25) is 0 Å². The maximum Gasteiger partial charge on any atom is 0.0703 e. The zero-order chi connectivity index (χ0) is 9.35. The van der Waals surface area contributed by atoms with Gasteiger partial charge in [-0.2, -0.15) is 0 Å². The molecule has 0 unspecified atom stereocenters. The summed E-state index contributed by atoms with van der Waals surface area (Å²) in [6.07, 6.45) is 2.68. The number of aliphatic hydroxyl groups excluding tert-OH is 1. The smallest absolute Gasteiger partial charge is 0.0703 e. The summed E-state index contributed by atoms with van der Waals surface area (Å²) in [4.78, 5) is 0. The molecule has 0 saturated heterocycles. The highest BCUT2D eigenvalue weighted by atomic mass is 35.5. The van der Waals surface area contributed by atoms with Crippen molar-refractivity contribution in [2.75, 3.05) is 0 Å². The lowest BCUT2D eigenvalue weighted by Crippen LogP contribution is -2.35. The molecule has 1 aliphatic carbocycles. The molecule has 1 rings (SSSR count). The van der Waals surface area contributed by atoms with Crippen LogP contribution in [-0.4, -0.2) is 16.6 Å². The lowest BCUT2D eigenvalue weighted by Gasteiger charge is -2.37. The molecule has 0 bridgehead atoms. The number of hydrogen-bond acceptors (Lipinski definition) is 1. The van der Waals surface area contributed by atoms with Crippen molar-refractivity contribution in [1.82, 2.24) is 0 Å². The van der Waals surface area contributed by atoms with Gasteiger partial charge in [-0.3, -0.25) is 0 Å². The van der Waals surface area contributed by atoms with E-state index in [0.29, 0.717) is 11.3 Å². The fourth-order valence-electron chi connectivity index (χ4n) is 1.89. The summed E-state index contributed by atoms with van der Waals surface area (Å²) in [6, 6.07) is 0. The van der Waals surface area contributed by atoms with Gasteiger partial charge in [0, 0.05) is 0 Å². The van der Waals surface area contributed by atoms with Crippen LogP contribution in [0.25, 0.3) is 0 Å². The van der Waals surface area contributed by atoms with Gasteiger partial charge in [-0.05, 0) is 30.6 Å². The summed E-state index contributed by atoms with van der Waals surface area (Å²) in [5, 5.41) is 9.40. The highest BCUT2D eigenvalue weighted by Gasteiger charge is 2.33. The third-order valence-corrected chi connectivity index (χ3v) is 3.43. The summed E-state index contributed by atoms with van der Waals surface area (Å²) in [6.45, 7) is 6.75. The molecule has 0 aromatic carbocycles. The lowest BCUT2D eigenvalue weighted by atomic mass is 9.72. The number of rotatable bonds is 0. The first-order valence-corrected chi connectivity index (χ1v) is 5.17. The minimum atomic E-state index is -0.273. The molecule has 0 radical (unpaired) electrons. The first-order chi connectivity index (χ1) is 5.41. The van der Waals surface area contributed by atoms with E-state index in [9.17, 15) is 5.11 Å². The first-order valence-electron chi connectivity index (χ1n) is 4.73. The van der Waals surface area contributed by atoms with Gasteiger partial charge in [-0.25, -0.2) is 0 Å². The molecule has 3 atom stereocenters. The van der Waals surface area contributed by atoms with Crippen LogP contribution in [0.5, 0.6) is 0 Å². The lowest BCUT2D eigenvalue weighted by molar-refractivity contribution is 0.0765. The summed E-state index contributed by atoms with van der Waals surface area (Å²) in [5.41, 5.74) is 0.341. The number of aliphatic hydroxyl groups is 1. The van der Waals surface area contributed by atoms with Crippen LogP contribution < -0.4 is 0 Å². The van der Waals surface area contributed by atoms with Crippen molar-refractivity contribution in [2.45, 2.75) is 51.5 Å². The maximum absolute atomic E-state index is 9.43. The standard InChI is InChI=1S/C10H19ClO/c1-10(2,3)7-4-5-9(12)8(11)6-7/h7-9,12H,4-6H2,1-3H3/t7-,8-,9+/m0/s1. The van der Waals surface area contributed by atoms with Crippen molar-refractivity contribution in [3.8, 4) is 0 Å². The summed E-state index contributed by atoms with van der Waals surface area (Å²) in [7, 11) is 0. The molecule has 2 heteroatoms. The van der Waals surface area contributed by atoms with Crippen LogP contribution in [0, 0.1) is 11.3 Å². The zero-order valence-corrected chi connectivity index (χ0v) is 8.93. The van der Waals surface area contributed by atoms with Crippen LogP contribution in [-0.2, 0) is 0 Å². The van der Waals surface area contributed by atoms with Crippen LogP contribution in [0.15, 0.2) is 0 Å². The predicted octanol–water partition coefficient (Wildman–Crippen LogP) is 2.80. The number of halogens is 1. The topological polar surface area (TPSA) is 20.2 Å². The van der Waals surface area contributed by atoms with Crippen LogP contribution in [0.4, 0.5) is 0 Å². The van der Waals surface area contributed by atoms with E-state index in [1.807, 2.05) is 0 Å². The number of alkyl halides is 1. The molecule has 0 spiro atoms. The van der Waals surface area contributed by atoms with Gasteiger partial charge in [0.1, 0.15) is 0 Å². The third-order valence-electron chi connectivity index (χ3n) is 2.96. The Bertz CT molecular complexity index is 150. The fraction of sp³-hybridized carbons (Fsp3) is 1.00. The van der Waals surface area contributed by atoms with Crippen LogP contribution in [0.1, 0.15) is 40.0 Å². The van der Waals surface area contributed by atoms with E-state index in [4.69, 9.17) is 11.6 Å². The second-order valence-electron chi connectivity index (χ2n) is 4.96. The van der Waals surface area contributed by atoms with Crippen molar-refractivity contribution in [3.63, 3.8) is 0 Å². The van der Waals surface area contributed by atoms with E-state index in [1.54, 1.807) is 0 Å². The molecule has 0 aliphatic heterocycles. The van der Waals surface area contributed by atoms with E-state index < -0.39 is 0 Å². The first kappa shape index (κ1) is 10.3. The molecular weight excluding hydrogens is 172 g/mol. The molecule has 1 saturated carbocycles. The maximum atomic E-state index is 9.43. The predicted molar refractivity (Wildman–Crippen MR) is 52.4 cm³/mol. The molecule has 1 fully saturated rings. The van der Waals surface area contributed by atoms with E-state index >= 15 is 0 Å². The van der Waals surface area contributed by atoms with Crippen LogP contribution >= 0.6 is 11.6 Å². The average Bonchev–Trinajstić information content (AvgIpc) is 1.92. The third kappa shape index (κ3) is 2.37. The Labute approximate surface area is 80.1 Å². The molecule has 0 heterocycles. The Morgan fingerprint density at radius 1 is 1.25 bits per heavy atom. The van der Waals surface area contributed by atoms with Gasteiger partial charge in [0.05, 0.1) is 11.5 Å². The van der Waals surface area contributed by atoms with E-state index in [1.165, 1.54) is 0 Å². The van der Waals surface area contributed by atoms with Gasteiger partial charge in [0.15, 0.2) is 0 Å². The molecule has 1 nitrogen and oxygen atoms in total. The molecule has 0 amide bonds. The van der Waals surface area contributed by atoms with Gasteiger partial charge in [-0.1, -0.05) is 20.8 Å². The Balaban J connectivity index is 2.51. The number of hydrogen-bond donors (Lipinski definition) is 1. The summed E-state index contributed by atoms with van der Waals surface area (Å²) in [5.74, 6) is 0.670. The van der Waals surface area contributed by atoms with Crippen molar-refractivity contribution in [1.29, 1.82) is 0 Å². The highest BCUT2D eigenvalue weighted by molar-refractivity contribution is 6.21. The largest absolute Gasteiger partial charge is 0.392 e. The van der Waals surface area contributed by atoms with E-state index in [-0.39, 0.29) is 11.5 Å². The zero-order valence-electron chi connectivity index (χ0n) is 8.18. The normalized spacial score (nSPS) is 38.2. The summed E-state index contributed by atoms with van der Waals surface area (Å²) >= 11 is 6.02. The van der Waals surface area contributed by atoms with Crippen molar-refractivity contribution < 1.29 is 5.11 Å². The monoisotopic (exact) mass is 190 g/mol. The Hall–Kier alpha value is 0.250. The van der Waals surface area contributed by atoms with Crippen LogP contribution in [0.3, 0.4) is 0 Å². The van der Waals surface area contributed by atoms with Crippen LogP contribution in [0.2, 0.25) is 0 Å². The average molecular weight is 191 g/mol. The highest BCUT2D eigenvalue weighted by Crippen LogP contribution is 2.39. The molecular formula is C10H19ClO. The Morgan fingerprint density at radius 3 is 2.25 bits per heavy atom. The second kappa shape index (κ2) is 3.55. The second-order valence-corrected chi connectivity index (χ2v) is 5.52. The molecule has 0 aromatic rings. The van der Waals surface area contributed by atoms with Crippen molar-refractivity contribution in [2.24, 2.45) is 11.3 Å². The SMILES string of the molecule is CC(C)(C)[C@H]1CC[C@@H](O)[C@@H](Cl)C1. The molecule has 12 heavy (non-hydrogen) atoms. The van der Waals surface area contributed by atoms with E-state index in [2.05, 4.69) is 20.8 Å². The molecule has 1 aliphatic rings. The Kier molecular flexibility index (Phi) is 3.06. The van der Waals surface area contributed by atoms with Crippen molar-refractivity contribution >= 4 is 11.6 Å². The molecule has 72 valence electrons. The minimum absolute atomic E-state index is 0.0250. The van der Waals surface area contributed by atoms with Crippen molar-refractivity contribution in [3.05, 3.63) is 0 Å². The van der Waals surface area contributed by atoms with Gasteiger partial charge >= 0.3 is 0 Å². The van der Waals surface area contributed by atoms with E-state index in [0.717, 1.165) is 19.3 Å². The minimum Gasteiger partial charge on any atom is -0.392 e. The quantitative estimate of drug-likeness (QED) is 0.583.